The monoisotopic (exact) mass is 268 g/mol. The van der Waals surface area contributed by atoms with Crippen molar-refractivity contribution in [2.75, 3.05) is 0 Å². The molecular formula is C16H28Ti. The van der Waals surface area contributed by atoms with Crippen LogP contribution in [0.5, 0.6) is 0 Å². The summed E-state index contributed by atoms with van der Waals surface area (Å²) in [6.07, 6.45) is 11.6. The van der Waals surface area contributed by atoms with Gasteiger partial charge in [-0.1, -0.05) is 51.9 Å². The molecule has 0 bridgehead atoms. The van der Waals surface area contributed by atoms with Gasteiger partial charge in [0.2, 0.25) is 0 Å². The molecule has 1 heteroatoms. The minimum atomic E-state index is 0. The van der Waals surface area contributed by atoms with Gasteiger partial charge in [0.15, 0.2) is 0 Å². The maximum absolute atomic E-state index is 3.67. The van der Waals surface area contributed by atoms with Crippen LogP contribution in [0.2, 0.25) is 0 Å². The van der Waals surface area contributed by atoms with Crippen LogP contribution in [0.1, 0.15) is 52.4 Å². The third-order valence-electron chi connectivity index (χ3n) is 3.41. The van der Waals surface area contributed by atoms with Gasteiger partial charge in [-0.25, -0.2) is 5.57 Å². The summed E-state index contributed by atoms with van der Waals surface area (Å²) in [5.41, 5.74) is 4.98. The molecule has 1 atom stereocenters. The summed E-state index contributed by atoms with van der Waals surface area (Å²) in [7, 11) is 0. The Morgan fingerprint density at radius 1 is 1.06 bits per heavy atom. The van der Waals surface area contributed by atoms with E-state index in [-0.39, 0.29) is 44.0 Å². The molecule has 0 nitrogen and oxygen atoms in total. The second kappa shape index (κ2) is 10.1. The van der Waals surface area contributed by atoms with E-state index < -0.39 is 0 Å². The Bertz CT molecular complexity index is 261. The van der Waals surface area contributed by atoms with E-state index in [1.165, 1.54) is 38.5 Å². The maximum Gasteiger partial charge on any atom is 4.00 e. The molecule has 0 saturated heterocycles. The average Bonchev–Trinajstić information content (AvgIpc) is 2.56. The molecule has 2 rings (SSSR count). The number of hydrogen-bond donors (Lipinski definition) is 0. The van der Waals surface area contributed by atoms with E-state index in [2.05, 4.69) is 19.9 Å². The summed E-state index contributed by atoms with van der Waals surface area (Å²) in [4.78, 5) is 0. The van der Waals surface area contributed by atoms with E-state index in [4.69, 9.17) is 0 Å². The van der Waals surface area contributed by atoms with Crippen molar-refractivity contribution in [3.05, 3.63) is 45.1 Å². The molecule has 0 aromatic heterocycles. The van der Waals surface area contributed by atoms with Crippen LogP contribution >= 0.6 is 0 Å². The second-order valence-electron chi connectivity index (χ2n) is 4.15. The molecule has 0 spiro atoms. The van der Waals surface area contributed by atoms with Crippen LogP contribution in [0.3, 0.4) is 0 Å². The van der Waals surface area contributed by atoms with Gasteiger partial charge in [-0.3, -0.25) is 6.08 Å². The summed E-state index contributed by atoms with van der Waals surface area (Å²) in [5, 5.41) is 0. The molecule has 0 saturated carbocycles. The van der Waals surface area contributed by atoms with E-state index >= 15 is 0 Å². The predicted octanol–water partition coefficient (Wildman–Crippen LogP) is 5.38. The zero-order valence-corrected chi connectivity index (χ0v) is 13.9. The van der Waals surface area contributed by atoms with Gasteiger partial charge in [-0.2, -0.15) is 11.1 Å². The van der Waals surface area contributed by atoms with Gasteiger partial charge in [0.05, 0.1) is 0 Å². The Labute approximate surface area is 125 Å². The quantitative estimate of drug-likeness (QED) is 0.465. The molecule has 2 aliphatic rings. The van der Waals surface area contributed by atoms with Crippen molar-refractivity contribution in [3.8, 4) is 0 Å². The van der Waals surface area contributed by atoms with Crippen LogP contribution in [0, 0.1) is 34.3 Å². The molecule has 0 fully saturated rings. The fourth-order valence-corrected chi connectivity index (χ4v) is 2.71. The molecular weight excluding hydrogens is 240 g/mol. The summed E-state index contributed by atoms with van der Waals surface area (Å²) < 4.78 is 0. The van der Waals surface area contributed by atoms with Crippen LogP contribution in [-0.2, 0) is 21.7 Å². The standard InChI is InChI=1S/C13H19.3CH3.Ti/c1-3-10-9-11(4-2)13-8-6-5-7-12(10)13;;;;/h10H,3-8H2,1-2H3;3*1H3;/q4*-1;+4. The van der Waals surface area contributed by atoms with Gasteiger partial charge in [-0.15, -0.1) is 0 Å². The average molecular weight is 268 g/mol. The molecule has 0 aromatic rings. The first-order valence-electron chi connectivity index (χ1n) is 5.71. The van der Waals surface area contributed by atoms with Crippen molar-refractivity contribution < 1.29 is 21.7 Å². The molecule has 0 N–H and O–H groups in total. The van der Waals surface area contributed by atoms with Crippen molar-refractivity contribution >= 4 is 0 Å². The first kappa shape index (κ1) is 22.4. The van der Waals surface area contributed by atoms with E-state index in [0.29, 0.717) is 5.92 Å². The molecule has 2 aliphatic carbocycles. The fraction of sp³-hybridized carbons (Fsp3) is 0.562. The van der Waals surface area contributed by atoms with Gasteiger partial charge in [0.25, 0.3) is 0 Å². The minimum absolute atomic E-state index is 0. The summed E-state index contributed by atoms with van der Waals surface area (Å²) in [6, 6.07) is 0. The Morgan fingerprint density at radius 2 is 1.65 bits per heavy atom. The second-order valence-corrected chi connectivity index (χ2v) is 4.15. The van der Waals surface area contributed by atoms with Crippen molar-refractivity contribution in [2.24, 2.45) is 5.92 Å². The van der Waals surface area contributed by atoms with Crippen molar-refractivity contribution in [3.63, 3.8) is 0 Å². The van der Waals surface area contributed by atoms with Crippen LogP contribution in [-0.4, -0.2) is 0 Å². The fourth-order valence-electron chi connectivity index (χ4n) is 2.71. The van der Waals surface area contributed by atoms with Crippen molar-refractivity contribution in [2.45, 2.75) is 52.4 Å². The van der Waals surface area contributed by atoms with Crippen LogP contribution in [0.15, 0.2) is 16.7 Å². The summed E-state index contributed by atoms with van der Waals surface area (Å²) in [5.74, 6) is 0.685. The SMILES string of the molecule is CCC1=[C-]C(CC)C2=C1CCCC2.[CH3-].[CH3-].[CH3-].[Ti+4]. The van der Waals surface area contributed by atoms with E-state index in [9.17, 15) is 0 Å². The Hall–Kier alpha value is 0.194. The van der Waals surface area contributed by atoms with Crippen LogP contribution in [0.4, 0.5) is 0 Å². The van der Waals surface area contributed by atoms with Gasteiger partial charge in [-0.05, 0) is 6.42 Å². The van der Waals surface area contributed by atoms with Gasteiger partial charge >= 0.3 is 21.7 Å². The first-order valence-corrected chi connectivity index (χ1v) is 5.71. The summed E-state index contributed by atoms with van der Waals surface area (Å²) >= 11 is 0. The molecule has 0 aromatic carbocycles. The van der Waals surface area contributed by atoms with E-state index in [1.54, 1.807) is 16.7 Å². The smallest absolute Gasteiger partial charge is 0.358 e. The van der Waals surface area contributed by atoms with Gasteiger partial charge < -0.3 is 22.3 Å². The predicted molar refractivity (Wildman–Crippen MR) is 75.6 cm³/mol. The summed E-state index contributed by atoms with van der Waals surface area (Å²) in [6.45, 7) is 4.55. The zero-order chi connectivity index (χ0) is 9.26. The van der Waals surface area contributed by atoms with Crippen LogP contribution in [0.25, 0.3) is 0 Å². The number of hydrogen-bond acceptors (Lipinski definition) is 0. The Balaban J connectivity index is -0.000000490. The molecule has 1 unspecified atom stereocenters. The van der Waals surface area contributed by atoms with Crippen molar-refractivity contribution in [1.29, 1.82) is 0 Å². The third kappa shape index (κ3) is 4.41. The molecule has 0 amide bonds. The number of rotatable bonds is 2. The molecule has 0 aliphatic heterocycles. The van der Waals surface area contributed by atoms with E-state index in [1.807, 2.05) is 0 Å². The normalized spacial score (nSPS) is 21.1. The zero-order valence-electron chi connectivity index (χ0n) is 12.3. The van der Waals surface area contributed by atoms with Gasteiger partial charge in [0, 0.05) is 0 Å². The topological polar surface area (TPSA) is 0 Å². The third-order valence-corrected chi connectivity index (χ3v) is 3.41. The minimum Gasteiger partial charge on any atom is -0.358 e. The van der Waals surface area contributed by atoms with Gasteiger partial charge in [0.1, 0.15) is 0 Å². The first-order chi connectivity index (χ1) is 6.36. The Kier molecular flexibility index (Phi) is 13.4. The maximum atomic E-state index is 3.67. The Morgan fingerprint density at radius 3 is 2.18 bits per heavy atom. The molecule has 96 valence electrons. The molecule has 0 heterocycles. The largest absolute Gasteiger partial charge is 4.00 e. The molecule has 17 heavy (non-hydrogen) atoms. The van der Waals surface area contributed by atoms with Crippen molar-refractivity contribution in [1.82, 2.24) is 0 Å². The molecule has 0 radical (unpaired) electrons. The number of allylic oxidation sites excluding steroid dienone is 4. The van der Waals surface area contributed by atoms with E-state index in [0.717, 1.165) is 0 Å². The van der Waals surface area contributed by atoms with Crippen LogP contribution < -0.4 is 0 Å².